The highest BCUT2D eigenvalue weighted by atomic mass is 35.5. The number of hydrogen-bond acceptors (Lipinski definition) is 5. The Hall–Kier alpha value is -3.19. The number of nitrogens with one attached hydrogen (secondary N) is 1. The van der Waals surface area contributed by atoms with Crippen molar-refractivity contribution in [1.29, 1.82) is 0 Å². The van der Waals surface area contributed by atoms with Gasteiger partial charge in [0.1, 0.15) is 6.54 Å². The number of benzene rings is 2. The number of carbonyl (C=O) groups excluding carboxylic acids is 4. The standard InChI is InChI=1S/C25H25ClN2O5/c1-15-11-12-17(13-20(15)26)27-23(30)22(16-7-3-2-4-8-16)33-21(29)14-28-24(31)18-9-5-6-10-19(18)25(28)32/h2-4,7-8,11-13,18-19,22H,5-6,9-10,14H2,1H3,(H,27,30). The summed E-state index contributed by atoms with van der Waals surface area (Å²) in [6.07, 6.45) is 1.87. The van der Waals surface area contributed by atoms with Crippen LogP contribution in [0.25, 0.3) is 0 Å². The van der Waals surface area contributed by atoms with Gasteiger partial charge in [0.2, 0.25) is 17.9 Å². The van der Waals surface area contributed by atoms with Crippen molar-refractivity contribution in [3.05, 3.63) is 64.7 Å². The van der Waals surface area contributed by atoms with Crippen molar-refractivity contribution >= 4 is 41.0 Å². The summed E-state index contributed by atoms with van der Waals surface area (Å²) in [5.74, 6) is -2.73. The number of anilines is 1. The predicted octanol–water partition coefficient (Wildman–Crippen LogP) is 4.05. The summed E-state index contributed by atoms with van der Waals surface area (Å²) in [6.45, 7) is 1.34. The summed E-state index contributed by atoms with van der Waals surface area (Å²) in [7, 11) is 0. The van der Waals surface area contributed by atoms with Gasteiger partial charge >= 0.3 is 5.97 Å². The fourth-order valence-electron chi connectivity index (χ4n) is 4.46. The lowest BCUT2D eigenvalue weighted by Crippen LogP contribution is -2.38. The molecule has 33 heavy (non-hydrogen) atoms. The van der Waals surface area contributed by atoms with Gasteiger partial charge in [-0.05, 0) is 37.5 Å². The van der Waals surface area contributed by atoms with Crippen molar-refractivity contribution < 1.29 is 23.9 Å². The number of hydrogen-bond donors (Lipinski definition) is 1. The monoisotopic (exact) mass is 468 g/mol. The van der Waals surface area contributed by atoms with E-state index in [2.05, 4.69) is 5.32 Å². The smallest absolute Gasteiger partial charge is 0.327 e. The van der Waals surface area contributed by atoms with Crippen molar-refractivity contribution in [1.82, 2.24) is 4.90 Å². The van der Waals surface area contributed by atoms with E-state index in [9.17, 15) is 19.2 Å². The molecule has 1 saturated carbocycles. The highest BCUT2D eigenvalue weighted by molar-refractivity contribution is 6.31. The number of halogens is 1. The Kier molecular flexibility index (Phi) is 6.79. The molecule has 3 amide bonds. The number of nitrogens with zero attached hydrogens (tertiary/aromatic N) is 1. The van der Waals surface area contributed by atoms with Gasteiger partial charge < -0.3 is 10.1 Å². The van der Waals surface area contributed by atoms with E-state index in [-0.39, 0.29) is 23.7 Å². The summed E-state index contributed by atoms with van der Waals surface area (Å²) in [4.78, 5) is 52.2. The molecule has 2 aliphatic rings. The molecule has 8 heteroatoms. The Bertz CT molecular complexity index is 1060. The third-order valence-corrected chi connectivity index (χ3v) is 6.66. The molecular weight excluding hydrogens is 444 g/mol. The lowest BCUT2D eigenvalue weighted by Gasteiger charge is -2.20. The molecule has 1 aliphatic carbocycles. The van der Waals surface area contributed by atoms with Crippen LogP contribution in [0.2, 0.25) is 5.02 Å². The number of rotatable bonds is 6. The maximum atomic E-state index is 13.0. The molecule has 0 radical (unpaired) electrons. The number of ether oxygens (including phenoxy) is 1. The highest BCUT2D eigenvalue weighted by Gasteiger charge is 2.48. The first-order valence-corrected chi connectivity index (χ1v) is 11.4. The number of fused-ring (bicyclic) bond motifs is 1. The van der Waals surface area contributed by atoms with Crippen molar-refractivity contribution in [2.75, 3.05) is 11.9 Å². The van der Waals surface area contributed by atoms with Crippen LogP contribution in [0.3, 0.4) is 0 Å². The number of amides is 3. The Morgan fingerprint density at radius 2 is 1.70 bits per heavy atom. The summed E-state index contributed by atoms with van der Waals surface area (Å²) in [5, 5.41) is 3.21. The second kappa shape index (κ2) is 9.75. The number of aryl methyl sites for hydroxylation is 1. The molecule has 1 N–H and O–H groups in total. The zero-order valence-corrected chi connectivity index (χ0v) is 19.0. The van der Waals surface area contributed by atoms with Crippen LogP contribution in [-0.4, -0.2) is 35.1 Å². The van der Waals surface area contributed by atoms with Crippen LogP contribution in [-0.2, 0) is 23.9 Å². The minimum absolute atomic E-state index is 0.323. The van der Waals surface area contributed by atoms with Crippen molar-refractivity contribution in [3.8, 4) is 0 Å². The summed E-state index contributed by atoms with van der Waals surface area (Å²) >= 11 is 6.15. The highest BCUT2D eigenvalue weighted by Crippen LogP contribution is 2.38. The van der Waals surface area contributed by atoms with E-state index < -0.39 is 24.5 Å². The Morgan fingerprint density at radius 3 is 2.30 bits per heavy atom. The largest absolute Gasteiger partial charge is 0.446 e. The average Bonchev–Trinajstić information content (AvgIpc) is 3.05. The Morgan fingerprint density at radius 1 is 1.06 bits per heavy atom. The molecule has 2 aromatic carbocycles. The minimum atomic E-state index is -1.26. The number of imide groups is 1. The maximum Gasteiger partial charge on any atom is 0.327 e. The number of likely N-dealkylation sites (tertiary alicyclic amines) is 1. The second-order valence-corrected chi connectivity index (χ2v) is 8.90. The molecule has 1 heterocycles. The van der Waals surface area contributed by atoms with Gasteiger partial charge in [0, 0.05) is 16.3 Å². The van der Waals surface area contributed by atoms with Crippen LogP contribution in [0.5, 0.6) is 0 Å². The minimum Gasteiger partial charge on any atom is -0.446 e. The zero-order chi connectivity index (χ0) is 23.5. The SMILES string of the molecule is Cc1ccc(NC(=O)C(OC(=O)CN2C(=O)C3CCCCC3C2=O)c2ccccc2)cc1Cl. The molecule has 0 spiro atoms. The van der Waals surface area contributed by atoms with E-state index in [0.29, 0.717) is 29.1 Å². The van der Waals surface area contributed by atoms with E-state index in [1.807, 2.05) is 6.92 Å². The summed E-state index contributed by atoms with van der Waals surface area (Å²) in [5.41, 5.74) is 1.79. The predicted molar refractivity (Wildman–Crippen MR) is 122 cm³/mol. The molecule has 1 saturated heterocycles. The fourth-order valence-corrected chi connectivity index (χ4v) is 4.64. The summed E-state index contributed by atoms with van der Waals surface area (Å²) in [6, 6.07) is 13.7. The van der Waals surface area contributed by atoms with Crippen molar-refractivity contribution in [2.24, 2.45) is 11.8 Å². The zero-order valence-electron chi connectivity index (χ0n) is 18.3. The van der Waals surface area contributed by atoms with E-state index in [4.69, 9.17) is 16.3 Å². The molecule has 2 aromatic rings. The molecule has 0 aromatic heterocycles. The van der Waals surface area contributed by atoms with Crippen molar-refractivity contribution in [2.45, 2.75) is 38.7 Å². The lowest BCUT2D eigenvalue weighted by molar-refractivity contribution is -0.159. The Balaban J connectivity index is 1.49. The normalized spacial score (nSPS) is 20.8. The summed E-state index contributed by atoms with van der Waals surface area (Å²) < 4.78 is 5.51. The van der Waals surface area contributed by atoms with Crippen LogP contribution in [0, 0.1) is 18.8 Å². The van der Waals surface area contributed by atoms with Gasteiger partial charge in [-0.2, -0.15) is 0 Å². The number of esters is 1. The molecule has 0 bridgehead atoms. The Labute approximate surface area is 197 Å². The van der Waals surface area contributed by atoms with Gasteiger partial charge in [0.05, 0.1) is 11.8 Å². The molecule has 2 fully saturated rings. The third-order valence-electron chi connectivity index (χ3n) is 6.25. The molecule has 3 unspecified atom stereocenters. The third kappa shape index (κ3) is 4.93. The van der Waals surface area contributed by atoms with E-state index in [0.717, 1.165) is 23.3 Å². The molecule has 172 valence electrons. The van der Waals surface area contributed by atoms with E-state index in [1.54, 1.807) is 48.5 Å². The van der Waals surface area contributed by atoms with Crippen molar-refractivity contribution in [3.63, 3.8) is 0 Å². The van der Waals surface area contributed by atoms with Crippen LogP contribution < -0.4 is 5.32 Å². The second-order valence-electron chi connectivity index (χ2n) is 8.49. The molecular formula is C25H25ClN2O5. The fraction of sp³-hybridized carbons (Fsp3) is 0.360. The number of carbonyl (C=O) groups is 4. The van der Waals surface area contributed by atoms with E-state index >= 15 is 0 Å². The van der Waals surface area contributed by atoms with Gasteiger partial charge in [-0.1, -0.05) is 60.8 Å². The van der Waals surface area contributed by atoms with Gasteiger partial charge in [0.25, 0.3) is 5.91 Å². The van der Waals surface area contributed by atoms with E-state index in [1.165, 1.54) is 0 Å². The topological polar surface area (TPSA) is 92.8 Å². The first kappa shape index (κ1) is 23.0. The van der Waals surface area contributed by atoms with Crippen LogP contribution in [0.1, 0.15) is 42.9 Å². The van der Waals surface area contributed by atoms with Gasteiger partial charge in [-0.25, -0.2) is 0 Å². The average molecular weight is 469 g/mol. The quantitative estimate of drug-likeness (QED) is 0.510. The van der Waals surface area contributed by atoms with Gasteiger partial charge in [-0.15, -0.1) is 0 Å². The lowest BCUT2D eigenvalue weighted by atomic mass is 9.81. The van der Waals surface area contributed by atoms with Gasteiger partial charge in [0.15, 0.2) is 0 Å². The molecule has 7 nitrogen and oxygen atoms in total. The van der Waals surface area contributed by atoms with Crippen LogP contribution >= 0.6 is 11.6 Å². The van der Waals surface area contributed by atoms with Crippen LogP contribution in [0.4, 0.5) is 5.69 Å². The molecule has 3 atom stereocenters. The first-order valence-electron chi connectivity index (χ1n) is 11.0. The van der Waals surface area contributed by atoms with Gasteiger partial charge in [-0.3, -0.25) is 24.1 Å². The maximum absolute atomic E-state index is 13.0. The molecule has 4 rings (SSSR count). The van der Waals surface area contributed by atoms with Crippen LogP contribution in [0.15, 0.2) is 48.5 Å². The molecule has 1 aliphatic heterocycles. The first-order chi connectivity index (χ1) is 15.8.